The third kappa shape index (κ3) is 6.13. The number of carbonyl (C=O) groups is 1. The minimum absolute atomic E-state index is 0.00513. The number of hydrogen-bond acceptors (Lipinski definition) is 7. The Hall–Kier alpha value is -3.09. The highest BCUT2D eigenvalue weighted by Gasteiger charge is 2.45. The van der Waals surface area contributed by atoms with Crippen LogP contribution in [0.1, 0.15) is 36.4 Å². The van der Waals surface area contributed by atoms with Gasteiger partial charge in [-0.1, -0.05) is 0 Å². The van der Waals surface area contributed by atoms with Crippen LogP contribution in [0.5, 0.6) is 0 Å². The molecule has 35 heavy (non-hydrogen) atoms. The Kier molecular flexibility index (Phi) is 7.06. The molecule has 8 nitrogen and oxygen atoms in total. The average molecular weight is 500 g/mol. The van der Waals surface area contributed by atoms with Crippen LogP contribution in [0.25, 0.3) is 0 Å². The summed E-state index contributed by atoms with van der Waals surface area (Å²) in [4.78, 5) is 28.0. The number of piperidine rings is 1. The number of likely N-dealkylation sites (tertiary alicyclic amines) is 1. The number of alkyl halides is 5. The summed E-state index contributed by atoms with van der Waals surface area (Å²) in [5.74, 6) is -2.77. The number of nitrogens with zero attached hydrogens (tertiary/aromatic N) is 5. The van der Waals surface area contributed by atoms with Crippen molar-refractivity contribution < 1.29 is 31.5 Å². The van der Waals surface area contributed by atoms with Crippen LogP contribution in [-0.4, -0.2) is 71.6 Å². The maximum absolute atomic E-state index is 13.5. The minimum Gasteiger partial charge on any atom is -0.384 e. The molecule has 2 saturated heterocycles. The third-order valence-corrected chi connectivity index (χ3v) is 5.99. The first kappa shape index (κ1) is 25.0. The Labute approximate surface area is 198 Å². The fraction of sp³-hybridized carbons (Fsp3) is 0.545. The molecule has 1 N–H and O–H groups in total. The van der Waals surface area contributed by atoms with Crippen LogP contribution in [0.2, 0.25) is 0 Å². The van der Waals surface area contributed by atoms with Crippen molar-refractivity contribution in [2.24, 2.45) is 0 Å². The maximum atomic E-state index is 13.5. The molecule has 0 saturated carbocycles. The topological polar surface area (TPSA) is 83.5 Å². The summed E-state index contributed by atoms with van der Waals surface area (Å²) >= 11 is 0. The van der Waals surface area contributed by atoms with Crippen LogP contribution in [0.3, 0.4) is 0 Å². The van der Waals surface area contributed by atoms with Gasteiger partial charge in [-0.05, 0) is 25.0 Å². The molecule has 13 heteroatoms. The number of ether oxygens (including phenoxy) is 1. The molecule has 4 rings (SSSR count). The lowest BCUT2D eigenvalue weighted by Gasteiger charge is -2.39. The van der Waals surface area contributed by atoms with Crippen molar-refractivity contribution in [2.75, 3.05) is 50.1 Å². The zero-order valence-electron chi connectivity index (χ0n) is 19.0. The van der Waals surface area contributed by atoms with Gasteiger partial charge in [0.25, 0.3) is 5.92 Å². The molecule has 2 aromatic rings. The predicted octanol–water partition coefficient (Wildman–Crippen LogP) is 3.83. The van der Waals surface area contributed by atoms with Crippen molar-refractivity contribution in [2.45, 2.75) is 37.3 Å². The number of carbonyl (C=O) groups excluding carboxylic acids is 1. The number of nitrogens with one attached hydrogen (secondary N) is 1. The molecule has 0 aromatic carbocycles. The van der Waals surface area contributed by atoms with Crippen LogP contribution in [0, 0.1) is 0 Å². The fourth-order valence-electron chi connectivity index (χ4n) is 4.10. The van der Waals surface area contributed by atoms with Gasteiger partial charge in [0.1, 0.15) is 11.6 Å². The van der Waals surface area contributed by atoms with Gasteiger partial charge in [-0.15, -0.1) is 0 Å². The number of anilines is 3. The SMILES string of the molecule is COCCC(=O)N1CCC(c2cc(Nc3cc(C(F)(F)F)ccn3)nc(N3CC(F)(F)C3)n2)CC1. The van der Waals surface area contributed by atoms with E-state index in [1.807, 2.05) is 0 Å². The third-order valence-electron chi connectivity index (χ3n) is 5.99. The zero-order valence-corrected chi connectivity index (χ0v) is 19.0. The molecule has 2 fully saturated rings. The van der Waals surface area contributed by atoms with E-state index in [9.17, 15) is 26.7 Å². The van der Waals surface area contributed by atoms with Gasteiger partial charge in [0.2, 0.25) is 11.9 Å². The molecule has 0 aliphatic carbocycles. The van der Waals surface area contributed by atoms with E-state index in [0.29, 0.717) is 44.7 Å². The highest BCUT2D eigenvalue weighted by atomic mass is 19.4. The van der Waals surface area contributed by atoms with E-state index in [1.54, 1.807) is 11.0 Å². The quantitative estimate of drug-likeness (QED) is 0.579. The Morgan fingerprint density at radius 1 is 1.17 bits per heavy atom. The van der Waals surface area contributed by atoms with E-state index in [4.69, 9.17) is 4.74 Å². The summed E-state index contributed by atoms with van der Waals surface area (Å²) in [5, 5.41) is 2.76. The van der Waals surface area contributed by atoms with E-state index in [1.165, 1.54) is 12.0 Å². The summed E-state index contributed by atoms with van der Waals surface area (Å²) in [6, 6.07) is 3.30. The number of methoxy groups -OCH3 is 1. The molecule has 0 atom stereocenters. The van der Waals surface area contributed by atoms with Gasteiger partial charge >= 0.3 is 6.18 Å². The van der Waals surface area contributed by atoms with E-state index in [2.05, 4.69) is 20.3 Å². The standard InChI is InChI=1S/C22H25F5N6O2/c1-35-9-5-19(34)32-7-3-14(4-8-32)16-11-18(31-20(29-16)33-12-21(23,24)13-33)30-17-10-15(2-6-28-17)22(25,26)27/h2,6,10-11,14H,3-5,7-9,12-13H2,1H3,(H,28,29,30,31). The van der Waals surface area contributed by atoms with Gasteiger partial charge in [0.05, 0.1) is 37.4 Å². The Morgan fingerprint density at radius 3 is 2.51 bits per heavy atom. The summed E-state index contributed by atoms with van der Waals surface area (Å²) in [6.45, 7) is 0.278. The number of aromatic nitrogens is 3. The number of amides is 1. The lowest BCUT2D eigenvalue weighted by Crippen LogP contribution is -2.57. The second-order valence-electron chi connectivity index (χ2n) is 8.64. The van der Waals surface area contributed by atoms with E-state index in [-0.39, 0.29) is 29.4 Å². The molecule has 0 unspecified atom stereocenters. The number of hydrogen-bond donors (Lipinski definition) is 1. The molecule has 0 spiro atoms. The zero-order chi connectivity index (χ0) is 25.2. The normalized spacial score (nSPS) is 18.3. The number of pyridine rings is 1. The number of rotatable bonds is 7. The van der Waals surface area contributed by atoms with Gasteiger partial charge in [-0.25, -0.2) is 18.7 Å². The predicted molar refractivity (Wildman–Crippen MR) is 117 cm³/mol. The lowest BCUT2D eigenvalue weighted by atomic mass is 9.93. The van der Waals surface area contributed by atoms with Crippen LogP contribution in [0.4, 0.5) is 39.5 Å². The average Bonchev–Trinajstić information content (AvgIpc) is 2.80. The van der Waals surface area contributed by atoms with Crippen LogP contribution in [0.15, 0.2) is 24.4 Å². The molecular formula is C22H25F5N6O2. The van der Waals surface area contributed by atoms with Crippen LogP contribution >= 0.6 is 0 Å². The second-order valence-corrected chi connectivity index (χ2v) is 8.64. The van der Waals surface area contributed by atoms with Gasteiger partial charge < -0.3 is 19.9 Å². The highest BCUT2D eigenvalue weighted by Crippen LogP contribution is 2.35. The molecular weight excluding hydrogens is 475 g/mol. The first-order valence-corrected chi connectivity index (χ1v) is 11.1. The molecule has 4 heterocycles. The summed E-state index contributed by atoms with van der Waals surface area (Å²) in [6.07, 6.45) is -2.01. The smallest absolute Gasteiger partial charge is 0.384 e. The molecule has 2 aliphatic heterocycles. The van der Waals surface area contributed by atoms with Crippen molar-refractivity contribution >= 4 is 23.5 Å². The molecule has 1 amide bonds. The van der Waals surface area contributed by atoms with Crippen molar-refractivity contribution in [1.29, 1.82) is 0 Å². The van der Waals surface area contributed by atoms with Crippen molar-refractivity contribution in [3.63, 3.8) is 0 Å². The summed E-state index contributed by atoms with van der Waals surface area (Å²) < 4.78 is 71.1. The Morgan fingerprint density at radius 2 is 1.89 bits per heavy atom. The molecule has 0 radical (unpaired) electrons. The summed E-state index contributed by atoms with van der Waals surface area (Å²) in [5.41, 5.74) is -0.305. The second kappa shape index (κ2) is 9.88. The Balaban J connectivity index is 1.54. The van der Waals surface area contributed by atoms with E-state index >= 15 is 0 Å². The largest absolute Gasteiger partial charge is 0.416 e. The van der Waals surface area contributed by atoms with Gasteiger partial charge in [0.15, 0.2) is 0 Å². The maximum Gasteiger partial charge on any atom is 0.416 e. The van der Waals surface area contributed by atoms with Crippen LogP contribution in [-0.2, 0) is 15.7 Å². The Bertz CT molecular complexity index is 1050. The van der Waals surface area contributed by atoms with Crippen molar-refractivity contribution in [3.05, 3.63) is 35.7 Å². The minimum atomic E-state index is -4.54. The monoisotopic (exact) mass is 500 g/mol. The van der Waals surface area contributed by atoms with E-state index in [0.717, 1.165) is 18.3 Å². The first-order valence-electron chi connectivity index (χ1n) is 11.1. The summed E-state index contributed by atoms with van der Waals surface area (Å²) in [7, 11) is 1.53. The lowest BCUT2D eigenvalue weighted by molar-refractivity contribution is -0.137. The van der Waals surface area contributed by atoms with Gasteiger partial charge in [0, 0.05) is 38.4 Å². The molecule has 2 aromatic heterocycles. The highest BCUT2D eigenvalue weighted by molar-refractivity contribution is 5.76. The van der Waals surface area contributed by atoms with Crippen molar-refractivity contribution in [1.82, 2.24) is 19.9 Å². The fourth-order valence-corrected chi connectivity index (χ4v) is 4.10. The van der Waals surface area contributed by atoms with E-state index < -0.39 is 30.8 Å². The molecule has 190 valence electrons. The van der Waals surface area contributed by atoms with Gasteiger partial charge in [-0.3, -0.25) is 4.79 Å². The van der Waals surface area contributed by atoms with Crippen LogP contribution < -0.4 is 10.2 Å². The first-order chi connectivity index (χ1) is 16.5. The van der Waals surface area contributed by atoms with Gasteiger partial charge in [-0.2, -0.15) is 18.2 Å². The number of halogens is 5. The van der Waals surface area contributed by atoms with Crippen molar-refractivity contribution in [3.8, 4) is 0 Å². The molecule has 0 bridgehead atoms. The molecule has 2 aliphatic rings.